The topological polar surface area (TPSA) is 44.8 Å². The van der Waals surface area contributed by atoms with Gasteiger partial charge in [0.15, 0.2) is 17.3 Å². The van der Waals surface area contributed by atoms with Gasteiger partial charge in [0, 0.05) is 24.3 Å². The first-order chi connectivity index (χ1) is 11.7. The Labute approximate surface area is 142 Å². The molecule has 4 nitrogen and oxygen atoms in total. The first kappa shape index (κ1) is 16.5. The molecule has 4 heteroatoms. The second kappa shape index (κ2) is 7.49. The molecule has 0 radical (unpaired) electrons. The van der Waals surface area contributed by atoms with E-state index in [2.05, 4.69) is 0 Å². The van der Waals surface area contributed by atoms with Crippen LogP contribution in [0.25, 0.3) is 0 Å². The predicted molar refractivity (Wildman–Crippen MR) is 92.1 cm³/mol. The highest BCUT2D eigenvalue weighted by Gasteiger charge is 2.17. The fourth-order valence-corrected chi connectivity index (χ4v) is 3.01. The largest absolute Gasteiger partial charge is 0.493 e. The van der Waals surface area contributed by atoms with E-state index in [9.17, 15) is 4.79 Å². The Hall–Kier alpha value is -2.33. The molecule has 0 bridgehead atoms. The smallest absolute Gasteiger partial charge is 0.193 e. The number of carbonyl (C=O) groups is 1. The van der Waals surface area contributed by atoms with Crippen LogP contribution in [0.1, 0.15) is 27.9 Å². The molecule has 0 N–H and O–H groups in total. The summed E-state index contributed by atoms with van der Waals surface area (Å²) in [5, 5.41) is 0. The van der Waals surface area contributed by atoms with Gasteiger partial charge in [-0.2, -0.15) is 0 Å². The summed E-state index contributed by atoms with van der Waals surface area (Å²) in [6.45, 7) is 1.70. The van der Waals surface area contributed by atoms with Crippen molar-refractivity contribution in [2.24, 2.45) is 5.92 Å². The minimum atomic E-state index is -0.0216. The van der Waals surface area contributed by atoms with Crippen LogP contribution in [0.5, 0.6) is 11.5 Å². The maximum atomic E-state index is 12.7. The van der Waals surface area contributed by atoms with Crippen molar-refractivity contribution in [2.75, 3.05) is 27.4 Å². The van der Waals surface area contributed by atoms with Gasteiger partial charge in [-0.3, -0.25) is 4.79 Å². The fraction of sp³-hybridized carbons (Fsp3) is 0.350. The minimum absolute atomic E-state index is 0.0216. The minimum Gasteiger partial charge on any atom is -0.493 e. The Kier molecular flexibility index (Phi) is 5.16. The molecule has 1 aliphatic rings. The molecule has 0 saturated carbocycles. The van der Waals surface area contributed by atoms with E-state index in [0.717, 1.165) is 26.1 Å². The predicted octanol–water partition coefficient (Wildman–Crippen LogP) is 3.51. The first-order valence-electron chi connectivity index (χ1n) is 8.14. The van der Waals surface area contributed by atoms with Gasteiger partial charge in [-0.25, -0.2) is 0 Å². The van der Waals surface area contributed by atoms with Crippen molar-refractivity contribution in [2.45, 2.75) is 12.8 Å². The van der Waals surface area contributed by atoms with Crippen LogP contribution in [0.3, 0.4) is 0 Å². The van der Waals surface area contributed by atoms with E-state index < -0.39 is 0 Å². The highest BCUT2D eigenvalue weighted by atomic mass is 16.5. The van der Waals surface area contributed by atoms with E-state index >= 15 is 0 Å². The van der Waals surface area contributed by atoms with Crippen LogP contribution in [0.2, 0.25) is 0 Å². The molecule has 24 heavy (non-hydrogen) atoms. The van der Waals surface area contributed by atoms with Gasteiger partial charge in [-0.15, -0.1) is 0 Å². The summed E-state index contributed by atoms with van der Waals surface area (Å²) in [5.74, 6) is 1.74. The summed E-state index contributed by atoms with van der Waals surface area (Å²) in [6, 6.07) is 13.1. The Bertz CT molecular complexity index is 700. The number of hydrogen-bond acceptors (Lipinski definition) is 4. The monoisotopic (exact) mass is 326 g/mol. The van der Waals surface area contributed by atoms with Crippen LogP contribution in [-0.4, -0.2) is 33.2 Å². The third kappa shape index (κ3) is 3.60. The molecule has 1 saturated heterocycles. The summed E-state index contributed by atoms with van der Waals surface area (Å²) in [6.07, 6.45) is 2.12. The number of ketones is 1. The fourth-order valence-electron chi connectivity index (χ4n) is 3.01. The molecule has 0 spiro atoms. The molecule has 2 aromatic rings. The molecule has 0 unspecified atom stereocenters. The van der Waals surface area contributed by atoms with Gasteiger partial charge in [-0.1, -0.05) is 24.3 Å². The average molecular weight is 326 g/mol. The van der Waals surface area contributed by atoms with Crippen LogP contribution in [0.15, 0.2) is 42.5 Å². The van der Waals surface area contributed by atoms with Crippen molar-refractivity contribution in [1.82, 2.24) is 0 Å². The van der Waals surface area contributed by atoms with E-state index in [4.69, 9.17) is 14.2 Å². The Morgan fingerprint density at radius 2 is 1.75 bits per heavy atom. The Morgan fingerprint density at radius 3 is 2.38 bits per heavy atom. The Morgan fingerprint density at radius 1 is 1.04 bits per heavy atom. The number of ether oxygens (including phenoxy) is 3. The van der Waals surface area contributed by atoms with Crippen LogP contribution in [0, 0.1) is 5.92 Å². The standard InChI is InChI=1S/C20H22O4/c1-22-18-8-7-17(12-19(18)23-2)20(21)16-5-3-14(4-6-16)11-15-9-10-24-13-15/h3-8,12,15H,9-11,13H2,1-2H3/t15-/m1/s1. The quantitative estimate of drug-likeness (QED) is 0.762. The molecule has 0 amide bonds. The number of methoxy groups -OCH3 is 2. The lowest BCUT2D eigenvalue weighted by molar-refractivity contribution is 0.103. The number of carbonyl (C=O) groups excluding carboxylic acids is 1. The van der Waals surface area contributed by atoms with E-state index in [1.165, 1.54) is 5.56 Å². The van der Waals surface area contributed by atoms with Crippen LogP contribution in [-0.2, 0) is 11.2 Å². The zero-order valence-corrected chi connectivity index (χ0v) is 14.1. The molecule has 3 rings (SSSR count). The van der Waals surface area contributed by atoms with Crippen LogP contribution >= 0.6 is 0 Å². The zero-order chi connectivity index (χ0) is 16.9. The first-order valence-corrected chi connectivity index (χ1v) is 8.14. The highest BCUT2D eigenvalue weighted by Crippen LogP contribution is 2.28. The van der Waals surface area contributed by atoms with Gasteiger partial charge in [0.1, 0.15) is 0 Å². The van der Waals surface area contributed by atoms with Crippen LogP contribution in [0.4, 0.5) is 0 Å². The van der Waals surface area contributed by atoms with Gasteiger partial charge in [0.25, 0.3) is 0 Å². The van der Waals surface area contributed by atoms with Gasteiger partial charge in [-0.05, 0) is 42.5 Å². The van der Waals surface area contributed by atoms with Gasteiger partial charge >= 0.3 is 0 Å². The van der Waals surface area contributed by atoms with Gasteiger partial charge in [0.05, 0.1) is 14.2 Å². The molecule has 1 heterocycles. The van der Waals surface area contributed by atoms with E-state index in [0.29, 0.717) is 28.5 Å². The van der Waals surface area contributed by atoms with Crippen molar-refractivity contribution in [3.05, 3.63) is 59.2 Å². The maximum absolute atomic E-state index is 12.7. The second-order valence-corrected chi connectivity index (χ2v) is 6.03. The zero-order valence-electron chi connectivity index (χ0n) is 14.1. The van der Waals surface area contributed by atoms with E-state index in [-0.39, 0.29) is 5.78 Å². The molecular formula is C20H22O4. The molecule has 1 fully saturated rings. The molecule has 0 aromatic heterocycles. The third-order valence-corrected chi connectivity index (χ3v) is 4.41. The maximum Gasteiger partial charge on any atom is 0.193 e. The van der Waals surface area contributed by atoms with E-state index in [1.54, 1.807) is 32.4 Å². The van der Waals surface area contributed by atoms with Crippen molar-refractivity contribution < 1.29 is 19.0 Å². The SMILES string of the molecule is COc1ccc(C(=O)c2ccc(C[C@H]3CCOC3)cc2)cc1OC. The summed E-state index contributed by atoms with van der Waals surface area (Å²) >= 11 is 0. The molecule has 0 aliphatic carbocycles. The summed E-state index contributed by atoms with van der Waals surface area (Å²) < 4.78 is 15.9. The number of benzene rings is 2. The summed E-state index contributed by atoms with van der Waals surface area (Å²) in [7, 11) is 3.14. The Balaban J connectivity index is 1.74. The summed E-state index contributed by atoms with van der Waals surface area (Å²) in [4.78, 5) is 12.7. The van der Waals surface area contributed by atoms with Crippen molar-refractivity contribution in [3.8, 4) is 11.5 Å². The van der Waals surface area contributed by atoms with Crippen molar-refractivity contribution in [1.29, 1.82) is 0 Å². The van der Waals surface area contributed by atoms with Gasteiger partial charge in [0.2, 0.25) is 0 Å². The lowest BCUT2D eigenvalue weighted by atomic mass is 9.96. The van der Waals surface area contributed by atoms with Crippen LogP contribution < -0.4 is 9.47 Å². The average Bonchev–Trinajstić information content (AvgIpc) is 3.14. The van der Waals surface area contributed by atoms with E-state index in [1.807, 2.05) is 24.3 Å². The second-order valence-electron chi connectivity index (χ2n) is 6.03. The normalized spacial score (nSPS) is 16.8. The molecule has 1 atom stereocenters. The van der Waals surface area contributed by atoms with Crippen molar-refractivity contribution in [3.63, 3.8) is 0 Å². The number of rotatable bonds is 6. The number of hydrogen-bond donors (Lipinski definition) is 0. The summed E-state index contributed by atoms with van der Waals surface area (Å²) in [5.41, 5.74) is 2.51. The molecule has 2 aromatic carbocycles. The highest BCUT2D eigenvalue weighted by molar-refractivity contribution is 6.09. The molecular weight excluding hydrogens is 304 g/mol. The molecule has 1 aliphatic heterocycles. The third-order valence-electron chi connectivity index (χ3n) is 4.41. The van der Waals surface area contributed by atoms with Gasteiger partial charge < -0.3 is 14.2 Å². The van der Waals surface area contributed by atoms with Crippen molar-refractivity contribution >= 4 is 5.78 Å². The molecule has 126 valence electrons. The lowest BCUT2D eigenvalue weighted by Crippen LogP contribution is -2.05. The lowest BCUT2D eigenvalue weighted by Gasteiger charge is -2.10.